The molecule has 2 aromatic rings. The highest BCUT2D eigenvalue weighted by Crippen LogP contribution is 2.27. The lowest BCUT2D eigenvalue weighted by Gasteiger charge is -2.02. The molecule has 0 aliphatic rings. The maximum absolute atomic E-state index is 11.4. The molecular formula is C11H13N7OS. The van der Waals surface area contributed by atoms with Crippen molar-refractivity contribution in [3.8, 4) is 0 Å². The third kappa shape index (κ3) is 3.48. The van der Waals surface area contributed by atoms with E-state index >= 15 is 0 Å². The van der Waals surface area contributed by atoms with Crippen LogP contribution < -0.4 is 16.5 Å². The fraction of sp³-hybridized carbons (Fsp3) is 0.182. The summed E-state index contributed by atoms with van der Waals surface area (Å²) >= 11 is 1.38. The Bertz CT molecular complexity index is 631. The highest BCUT2D eigenvalue weighted by Gasteiger charge is 2.07. The van der Waals surface area contributed by atoms with Crippen LogP contribution in [0.4, 0.5) is 9.93 Å². The van der Waals surface area contributed by atoms with Gasteiger partial charge in [0.05, 0.1) is 10.2 Å². The van der Waals surface area contributed by atoms with Crippen LogP contribution >= 0.6 is 11.3 Å². The number of hydrogen-bond acceptors (Lipinski definition) is 5. The van der Waals surface area contributed by atoms with Crippen LogP contribution in [0, 0.1) is 0 Å². The van der Waals surface area contributed by atoms with Crippen molar-refractivity contribution in [2.24, 2.45) is 21.2 Å². The molecule has 20 heavy (non-hydrogen) atoms. The van der Waals surface area contributed by atoms with Crippen molar-refractivity contribution in [2.45, 2.75) is 6.92 Å². The van der Waals surface area contributed by atoms with Gasteiger partial charge in [0.2, 0.25) is 5.13 Å². The molecule has 1 aromatic carbocycles. The van der Waals surface area contributed by atoms with E-state index in [2.05, 4.69) is 30.9 Å². The number of para-hydroxylation sites is 1. The molecule has 104 valence electrons. The van der Waals surface area contributed by atoms with E-state index in [1.54, 1.807) is 6.92 Å². The molecule has 0 fully saturated rings. The number of aromatic nitrogens is 1. The minimum Gasteiger partial charge on any atom is -0.338 e. The average molecular weight is 291 g/mol. The Morgan fingerprint density at radius 1 is 1.45 bits per heavy atom. The van der Waals surface area contributed by atoms with E-state index in [0.29, 0.717) is 11.7 Å². The Balaban J connectivity index is 2.25. The topological polar surface area (TPSA) is 117 Å². The summed E-state index contributed by atoms with van der Waals surface area (Å²) in [6.07, 6.45) is 0. The zero-order chi connectivity index (χ0) is 14.4. The monoisotopic (exact) mass is 291 g/mol. The predicted molar refractivity (Wildman–Crippen MR) is 78.0 cm³/mol. The van der Waals surface area contributed by atoms with Crippen molar-refractivity contribution >= 4 is 38.7 Å². The molecule has 0 radical (unpaired) electrons. The fourth-order valence-electron chi connectivity index (χ4n) is 1.43. The largest absolute Gasteiger partial charge is 0.338 e. The predicted octanol–water partition coefficient (Wildman–Crippen LogP) is 1.93. The number of guanidine groups is 1. The molecule has 0 atom stereocenters. The summed E-state index contributed by atoms with van der Waals surface area (Å²) in [5.74, 6) is 4.98. The average Bonchev–Trinajstić information content (AvgIpc) is 2.81. The summed E-state index contributed by atoms with van der Waals surface area (Å²) in [5, 5.41) is 12.1. The number of nitrogens with one attached hydrogen (secondary N) is 2. The highest BCUT2D eigenvalue weighted by atomic mass is 32.1. The van der Waals surface area contributed by atoms with Crippen molar-refractivity contribution in [1.29, 1.82) is 0 Å². The van der Waals surface area contributed by atoms with Crippen molar-refractivity contribution in [3.63, 3.8) is 0 Å². The lowest BCUT2D eigenvalue weighted by Crippen LogP contribution is -2.38. The van der Waals surface area contributed by atoms with Crippen molar-refractivity contribution in [3.05, 3.63) is 24.3 Å². The van der Waals surface area contributed by atoms with Crippen LogP contribution in [0.15, 0.2) is 39.6 Å². The van der Waals surface area contributed by atoms with Gasteiger partial charge in [-0.1, -0.05) is 33.8 Å². The minimum atomic E-state index is -0.431. The quantitative estimate of drug-likeness (QED) is 0.258. The van der Waals surface area contributed by atoms with Gasteiger partial charge in [-0.05, 0) is 19.1 Å². The Morgan fingerprint density at radius 3 is 2.95 bits per heavy atom. The molecule has 0 spiro atoms. The molecule has 0 saturated carbocycles. The van der Waals surface area contributed by atoms with Gasteiger partial charge in [-0.15, -0.1) is 0 Å². The van der Waals surface area contributed by atoms with E-state index in [9.17, 15) is 4.79 Å². The zero-order valence-corrected chi connectivity index (χ0v) is 11.5. The Hall–Kier alpha value is -2.55. The lowest BCUT2D eigenvalue weighted by atomic mass is 10.3. The maximum atomic E-state index is 11.4. The number of hydrogen-bond donors (Lipinski definition) is 3. The third-order valence-electron chi connectivity index (χ3n) is 2.20. The van der Waals surface area contributed by atoms with Gasteiger partial charge in [0.1, 0.15) is 0 Å². The molecule has 1 heterocycles. The van der Waals surface area contributed by atoms with Crippen LogP contribution in [-0.4, -0.2) is 23.5 Å². The van der Waals surface area contributed by atoms with Crippen LogP contribution in [-0.2, 0) is 0 Å². The molecule has 0 unspecified atom stereocenters. The van der Waals surface area contributed by atoms with E-state index in [-0.39, 0.29) is 5.96 Å². The molecular weight excluding hydrogens is 278 g/mol. The van der Waals surface area contributed by atoms with Crippen molar-refractivity contribution < 1.29 is 4.79 Å². The molecule has 0 saturated heterocycles. The third-order valence-corrected chi connectivity index (χ3v) is 3.13. The number of thiazole rings is 1. The van der Waals surface area contributed by atoms with Crippen LogP contribution in [0.1, 0.15) is 6.92 Å². The Morgan fingerprint density at radius 2 is 2.25 bits per heavy atom. The molecule has 1 aromatic heterocycles. The van der Waals surface area contributed by atoms with E-state index in [0.717, 1.165) is 10.2 Å². The van der Waals surface area contributed by atoms with Gasteiger partial charge >= 0.3 is 6.03 Å². The number of rotatable bonds is 2. The zero-order valence-electron chi connectivity index (χ0n) is 10.7. The summed E-state index contributed by atoms with van der Waals surface area (Å²) in [6, 6.07) is 7.20. The number of nitrogens with zero attached hydrogens (tertiary/aromatic N) is 4. The van der Waals surface area contributed by atoms with E-state index in [4.69, 9.17) is 5.84 Å². The summed E-state index contributed by atoms with van der Waals surface area (Å²) in [7, 11) is 0. The summed E-state index contributed by atoms with van der Waals surface area (Å²) < 4.78 is 0.994. The molecule has 0 aliphatic carbocycles. The van der Waals surface area contributed by atoms with Gasteiger partial charge in [0.15, 0.2) is 0 Å². The van der Waals surface area contributed by atoms with Gasteiger partial charge < -0.3 is 11.2 Å². The first-order valence-electron chi connectivity index (χ1n) is 5.83. The number of nitrogens with two attached hydrogens (primary N) is 1. The van der Waals surface area contributed by atoms with E-state index in [1.807, 2.05) is 24.3 Å². The minimum absolute atomic E-state index is 0.0162. The van der Waals surface area contributed by atoms with Gasteiger partial charge in [0.25, 0.3) is 5.96 Å². The van der Waals surface area contributed by atoms with Crippen LogP contribution in [0.5, 0.6) is 0 Å². The summed E-state index contributed by atoms with van der Waals surface area (Å²) in [6.45, 7) is 2.29. The number of carbonyl (C=O) groups is 1. The smallest absolute Gasteiger partial charge is 0.321 e. The second kappa shape index (κ2) is 6.57. The summed E-state index contributed by atoms with van der Waals surface area (Å²) in [5.41, 5.74) is 0.832. The molecule has 0 aliphatic heterocycles. The van der Waals surface area contributed by atoms with Gasteiger partial charge in [-0.25, -0.2) is 9.78 Å². The number of fused-ring (bicyclic) bond motifs is 1. The number of urea groups is 1. The first kappa shape index (κ1) is 13.9. The first-order chi connectivity index (χ1) is 9.72. The Kier molecular flexibility index (Phi) is 4.56. The lowest BCUT2D eigenvalue weighted by molar-refractivity contribution is 0.245. The van der Waals surface area contributed by atoms with Crippen LogP contribution in [0.2, 0.25) is 0 Å². The number of carbonyl (C=O) groups excluding carboxylic acids is 1. The normalized spacial score (nSPS) is 11.9. The first-order valence-corrected chi connectivity index (χ1v) is 6.64. The van der Waals surface area contributed by atoms with Gasteiger partial charge in [0, 0.05) is 6.54 Å². The summed E-state index contributed by atoms with van der Waals surface area (Å²) in [4.78, 5) is 19.9. The second-order valence-electron chi connectivity index (χ2n) is 3.60. The fourth-order valence-corrected chi connectivity index (χ4v) is 2.27. The van der Waals surface area contributed by atoms with Crippen LogP contribution in [0.3, 0.4) is 0 Å². The SMILES string of the molecule is CCNC(=O)NC(N=NN)=Nc1nc2ccccc2s1. The van der Waals surface area contributed by atoms with Gasteiger partial charge in [-0.2, -0.15) is 4.99 Å². The molecule has 2 amide bonds. The highest BCUT2D eigenvalue weighted by molar-refractivity contribution is 7.22. The number of benzene rings is 1. The molecule has 2 rings (SSSR count). The molecule has 8 nitrogen and oxygen atoms in total. The number of amides is 2. The Labute approximate surface area is 118 Å². The molecule has 4 N–H and O–H groups in total. The van der Waals surface area contributed by atoms with E-state index in [1.165, 1.54) is 11.3 Å². The van der Waals surface area contributed by atoms with E-state index < -0.39 is 6.03 Å². The van der Waals surface area contributed by atoms with Crippen molar-refractivity contribution in [1.82, 2.24) is 15.6 Å². The standard InChI is InChI=1S/C11H13N7OS/c1-2-13-10(19)15-9(17-18-12)16-11-14-7-5-3-4-6-8(7)20-11/h3-6H,2H2,1H3,(H4,12,13,14,15,16,17,19). The maximum Gasteiger partial charge on any atom is 0.321 e. The van der Waals surface area contributed by atoms with Gasteiger partial charge in [-0.3, -0.25) is 5.32 Å². The van der Waals surface area contributed by atoms with Crippen LogP contribution in [0.25, 0.3) is 10.2 Å². The molecule has 9 heteroatoms. The second-order valence-corrected chi connectivity index (χ2v) is 4.61. The molecule has 0 bridgehead atoms. The number of aliphatic imine (C=N–C) groups is 1. The van der Waals surface area contributed by atoms with Crippen molar-refractivity contribution in [2.75, 3.05) is 6.54 Å².